The van der Waals surface area contributed by atoms with E-state index in [0.717, 1.165) is 29.3 Å². The summed E-state index contributed by atoms with van der Waals surface area (Å²) in [4.78, 5) is 11.9. The van der Waals surface area contributed by atoms with Crippen molar-refractivity contribution in [3.05, 3.63) is 34.9 Å². The van der Waals surface area contributed by atoms with Crippen molar-refractivity contribution in [3.8, 4) is 0 Å². The molecule has 0 radical (unpaired) electrons. The number of carbonyl (C=O) groups is 1. The Morgan fingerprint density at radius 1 is 1.41 bits per heavy atom. The number of benzene rings is 1. The van der Waals surface area contributed by atoms with Gasteiger partial charge in [0.1, 0.15) is 0 Å². The minimum absolute atomic E-state index is 0.270. The maximum Gasteiger partial charge on any atom is 0.338 e. The molecular formula is C13H16BrClO2. The van der Waals surface area contributed by atoms with Gasteiger partial charge >= 0.3 is 5.97 Å². The first-order valence-corrected chi connectivity index (χ1v) is 7.30. The lowest BCUT2D eigenvalue weighted by atomic mass is 9.98. The zero-order valence-electron chi connectivity index (χ0n) is 9.84. The van der Waals surface area contributed by atoms with E-state index in [0.29, 0.717) is 18.1 Å². The van der Waals surface area contributed by atoms with E-state index in [9.17, 15) is 4.79 Å². The Kier molecular flexibility index (Phi) is 6.60. The van der Waals surface area contributed by atoms with Gasteiger partial charge in [-0.3, -0.25) is 0 Å². The third kappa shape index (κ3) is 4.00. The zero-order chi connectivity index (χ0) is 12.7. The van der Waals surface area contributed by atoms with Gasteiger partial charge in [0.25, 0.3) is 0 Å². The van der Waals surface area contributed by atoms with Crippen molar-refractivity contribution in [3.63, 3.8) is 0 Å². The molecule has 0 saturated heterocycles. The fourth-order valence-corrected chi connectivity index (χ4v) is 2.20. The summed E-state index contributed by atoms with van der Waals surface area (Å²) in [5.74, 6) is 0.0596. The molecule has 0 spiro atoms. The lowest BCUT2D eigenvalue weighted by Crippen LogP contribution is -2.11. The molecule has 2 nitrogen and oxygen atoms in total. The minimum atomic E-state index is -0.270. The van der Waals surface area contributed by atoms with Crippen LogP contribution in [0.1, 0.15) is 34.8 Å². The largest absolute Gasteiger partial charge is 0.462 e. The van der Waals surface area contributed by atoms with Gasteiger partial charge in [0.05, 0.1) is 12.2 Å². The number of alkyl halides is 2. The van der Waals surface area contributed by atoms with Crippen molar-refractivity contribution in [2.24, 2.45) is 0 Å². The molecule has 1 rings (SSSR count). The quantitative estimate of drug-likeness (QED) is 0.586. The van der Waals surface area contributed by atoms with Crippen LogP contribution in [0.15, 0.2) is 18.2 Å². The highest BCUT2D eigenvalue weighted by molar-refractivity contribution is 9.09. The number of carbonyl (C=O) groups excluding carboxylic acids is 1. The summed E-state index contributed by atoms with van der Waals surface area (Å²) >= 11 is 9.26. The Labute approximate surface area is 115 Å². The molecule has 0 saturated carbocycles. The predicted octanol–water partition coefficient (Wildman–Crippen LogP) is 3.93. The number of aryl methyl sites for hydroxylation is 1. The summed E-state index contributed by atoms with van der Waals surface area (Å²) in [5.41, 5.74) is 2.50. The van der Waals surface area contributed by atoms with E-state index < -0.39 is 0 Å². The van der Waals surface area contributed by atoms with E-state index >= 15 is 0 Å². The lowest BCUT2D eigenvalue weighted by molar-refractivity contribution is 0.0524. The van der Waals surface area contributed by atoms with Gasteiger partial charge in [0, 0.05) is 11.2 Å². The summed E-state index contributed by atoms with van der Waals surface area (Å²) in [6.07, 6.45) is 1.84. The Hall–Kier alpha value is -0.540. The first-order chi connectivity index (χ1) is 8.24. The smallest absolute Gasteiger partial charge is 0.338 e. The molecule has 0 unspecified atom stereocenters. The number of rotatable bonds is 6. The average Bonchev–Trinajstić information content (AvgIpc) is 2.35. The molecule has 17 heavy (non-hydrogen) atoms. The Balaban J connectivity index is 3.06. The Bertz CT molecular complexity index is 380. The molecule has 0 N–H and O–H groups in total. The van der Waals surface area contributed by atoms with Crippen molar-refractivity contribution in [1.82, 2.24) is 0 Å². The van der Waals surface area contributed by atoms with E-state index in [1.165, 1.54) is 0 Å². The highest BCUT2D eigenvalue weighted by atomic mass is 79.9. The van der Waals surface area contributed by atoms with Crippen molar-refractivity contribution < 1.29 is 9.53 Å². The lowest BCUT2D eigenvalue weighted by Gasteiger charge is -2.12. The second-order valence-electron chi connectivity index (χ2n) is 3.60. The normalized spacial score (nSPS) is 10.3. The Morgan fingerprint density at radius 3 is 2.71 bits per heavy atom. The van der Waals surface area contributed by atoms with Crippen LogP contribution in [0.25, 0.3) is 0 Å². The van der Waals surface area contributed by atoms with Crippen LogP contribution in [-0.2, 0) is 17.0 Å². The molecule has 0 aliphatic heterocycles. The first-order valence-electron chi connectivity index (χ1n) is 5.64. The molecule has 0 aromatic heterocycles. The van der Waals surface area contributed by atoms with E-state index in [2.05, 4.69) is 15.9 Å². The molecule has 1 aromatic carbocycles. The summed E-state index contributed by atoms with van der Waals surface area (Å²) in [7, 11) is 0. The zero-order valence-corrected chi connectivity index (χ0v) is 12.2. The molecule has 0 amide bonds. The molecule has 0 bridgehead atoms. The monoisotopic (exact) mass is 318 g/mol. The predicted molar refractivity (Wildman–Crippen MR) is 74.1 cm³/mol. The van der Waals surface area contributed by atoms with Gasteiger partial charge in [-0.25, -0.2) is 4.79 Å². The molecule has 0 heterocycles. The first kappa shape index (κ1) is 14.5. The number of ether oxygens (including phenoxy) is 1. The topological polar surface area (TPSA) is 26.3 Å². The summed E-state index contributed by atoms with van der Waals surface area (Å²) in [6.45, 7) is 2.19. The maximum atomic E-state index is 11.9. The van der Waals surface area contributed by atoms with Gasteiger partial charge in [-0.15, -0.1) is 11.6 Å². The third-order valence-electron chi connectivity index (χ3n) is 2.44. The highest BCUT2D eigenvalue weighted by Gasteiger charge is 2.16. The van der Waals surface area contributed by atoms with Crippen molar-refractivity contribution in [2.45, 2.75) is 25.6 Å². The van der Waals surface area contributed by atoms with Gasteiger partial charge in [-0.05, 0) is 30.9 Å². The van der Waals surface area contributed by atoms with Crippen LogP contribution >= 0.6 is 27.5 Å². The second-order valence-corrected chi connectivity index (χ2v) is 4.66. The van der Waals surface area contributed by atoms with Crippen LogP contribution in [0.5, 0.6) is 0 Å². The van der Waals surface area contributed by atoms with Gasteiger partial charge < -0.3 is 4.74 Å². The summed E-state index contributed by atoms with van der Waals surface area (Å²) in [6, 6.07) is 5.77. The van der Waals surface area contributed by atoms with E-state index in [4.69, 9.17) is 16.3 Å². The van der Waals surface area contributed by atoms with Crippen LogP contribution in [0.2, 0.25) is 0 Å². The number of esters is 1. The van der Waals surface area contributed by atoms with E-state index in [1.807, 2.05) is 18.2 Å². The maximum absolute atomic E-state index is 11.9. The molecule has 0 aliphatic carbocycles. The van der Waals surface area contributed by atoms with Crippen LogP contribution in [0.4, 0.5) is 0 Å². The van der Waals surface area contributed by atoms with Crippen molar-refractivity contribution in [1.29, 1.82) is 0 Å². The van der Waals surface area contributed by atoms with Crippen LogP contribution in [0.3, 0.4) is 0 Å². The molecule has 1 aromatic rings. The number of hydrogen-bond donors (Lipinski definition) is 0. The molecule has 0 aliphatic rings. The molecule has 0 atom stereocenters. The molecule has 94 valence electrons. The summed E-state index contributed by atoms with van der Waals surface area (Å²) < 4.78 is 5.08. The molecule has 4 heteroatoms. The van der Waals surface area contributed by atoms with Crippen LogP contribution < -0.4 is 0 Å². The van der Waals surface area contributed by atoms with Gasteiger partial charge in [-0.2, -0.15) is 0 Å². The molecular weight excluding hydrogens is 303 g/mol. The van der Waals surface area contributed by atoms with Crippen molar-refractivity contribution in [2.75, 3.05) is 11.9 Å². The number of hydrogen-bond acceptors (Lipinski definition) is 2. The highest BCUT2D eigenvalue weighted by Crippen LogP contribution is 2.20. The fraction of sp³-hybridized carbons (Fsp3) is 0.462. The third-order valence-corrected chi connectivity index (χ3v) is 3.29. The van der Waals surface area contributed by atoms with E-state index in [-0.39, 0.29) is 5.97 Å². The Morgan fingerprint density at radius 2 is 2.12 bits per heavy atom. The average molecular weight is 320 g/mol. The van der Waals surface area contributed by atoms with Crippen LogP contribution in [-0.4, -0.2) is 17.9 Å². The van der Waals surface area contributed by atoms with Gasteiger partial charge in [-0.1, -0.05) is 34.1 Å². The van der Waals surface area contributed by atoms with Gasteiger partial charge in [0.15, 0.2) is 0 Å². The minimum Gasteiger partial charge on any atom is -0.462 e. The fourth-order valence-electron chi connectivity index (χ4n) is 1.70. The van der Waals surface area contributed by atoms with E-state index in [1.54, 1.807) is 6.92 Å². The SMILES string of the molecule is CCOC(=O)c1c(CCl)cccc1CCCBr. The van der Waals surface area contributed by atoms with Crippen molar-refractivity contribution >= 4 is 33.5 Å². The molecule has 0 fully saturated rings. The summed E-state index contributed by atoms with van der Waals surface area (Å²) in [5, 5.41) is 0.917. The van der Waals surface area contributed by atoms with Gasteiger partial charge in [0.2, 0.25) is 0 Å². The second kappa shape index (κ2) is 7.72. The number of halogens is 2. The van der Waals surface area contributed by atoms with Crippen LogP contribution in [0, 0.1) is 0 Å². The standard InChI is InChI=1S/C13H16BrClO2/c1-2-17-13(16)12-10(7-4-8-14)5-3-6-11(12)9-15/h3,5-6H,2,4,7-9H2,1H3.